The van der Waals surface area contributed by atoms with Crippen molar-refractivity contribution in [3.05, 3.63) is 92.6 Å². The Morgan fingerprint density at radius 1 is 0.964 bits per heavy atom. The summed E-state index contributed by atoms with van der Waals surface area (Å²) in [5.41, 5.74) is 2.30. The molecular weight excluding hydrogens is 372 g/mol. The van der Waals surface area contributed by atoms with Crippen LogP contribution in [0.15, 0.2) is 75.4 Å². The number of nitrogens with zero attached hydrogens (tertiary/aromatic N) is 3. The van der Waals surface area contributed by atoms with Crippen molar-refractivity contribution in [3.63, 3.8) is 0 Å². The van der Waals surface area contributed by atoms with Gasteiger partial charge in [0.1, 0.15) is 0 Å². The van der Waals surface area contributed by atoms with Crippen molar-refractivity contribution >= 4 is 22.9 Å². The van der Waals surface area contributed by atoms with Crippen LogP contribution in [-0.2, 0) is 20.0 Å². The van der Waals surface area contributed by atoms with Crippen molar-refractivity contribution in [3.8, 4) is 0 Å². The summed E-state index contributed by atoms with van der Waals surface area (Å²) in [6, 6.07) is 20.2. The van der Waals surface area contributed by atoms with Crippen LogP contribution in [0.1, 0.15) is 11.1 Å². The zero-order valence-corrected chi connectivity index (χ0v) is 16.3. The third kappa shape index (κ3) is 3.66. The van der Waals surface area contributed by atoms with Crippen LogP contribution in [0.4, 0.5) is 0 Å². The van der Waals surface area contributed by atoms with Crippen LogP contribution in [0, 0.1) is 0 Å². The molecule has 142 valence electrons. The van der Waals surface area contributed by atoms with Crippen LogP contribution in [0.3, 0.4) is 0 Å². The van der Waals surface area contributed by atoms with Gasteiger partial charge in [-0.15, -0.1) is 0 Å². The Kier molecular flexibility index (Phi) is 5.16. The average Bonchev–Trinajstić information content (AvgIpc) is 3.07. The lowest BCUT2D eigenvalue weighted by Crippen LogP contribution is -2.29. The fourth-order valence-corrected chi connectivity index (χ4v) is 4.13. The first-order chi connectivity index (χ1) is 13.6. The topological polar surface area (TPSA) is 72.7 Å². The van der Waals surface area contributed by atoms with Gasteiger partial charge < -0.3 is 4.57 Å². The molecule has 1 N–H and O–H groups in total. The molecule has 2 aromatic heterocycles. The van der Waals surface area contributed by atoms with Crippen LogP contribution in [0.25, 0.3) is 11.2 Å². The van der Waals surface area contributed by atoms with Gasteiger partial charge in [0.25, 0.3) is 5.56 Å². The average molecular weight is 392 g/mol. The molecule has 0 spiro atoms. The molecule has 0 radical (unpaired) electrons. The van der Waals surface area contributed by atoms with Gasteiger partial charge in [0.05, 0.1) is 6.54 Å². The van der Waals surface area contributed by atoms with E-state index >= 15 is 0 Å². The summed E-state index contributed by atoms with van der Waals surface area (Å²) in [5, 5.41) is 0.737. The first-order valence-corrected chi connectivity index (χ1v) is 10.0. The minimum absolute atomic E-state index is 0.406. The van der Waals surface area contributed by atoms with Crippen LogP contribution < -0.4 is 11.2 Å². The smallest absolute Gasteiger partial charge is 0.309 e. The third-order valence-electron chi connectivity index (χ3n) is 4.62. The highest BCUT2D eigenvalue weighted by Crippen LogP contribution is 2.23. The van der Waals surface area contributed by atoms with Crippen LogP contribution in [-0.4, -0.2) is 24.9 Å². The zero-order chi connectivity index (χ0) is 19.5. The number of benzene rings is 2. The molecule has 0 saturated carbocycles. The van der Waals surface area contributed by atoms with E-state index in [1.165, 1.54) is 10.1 Å². The van der Waals surface area contributed by atoms with Gasteiger partial charge in [-0.05, 0) is 17.5 Å². The van der Waals surface area contributed by atoms with Crippen molar-refractivity contribution in [2.24, 2.45) is 7.05 Å². The zero-order valence-electron chi connectivity index (χ0n) is 15.5. The number of hydrogen-bond donors (Lipinski definition) is 1. The van der Waals surface area contributed by atoms with E-state index < -0.39 is 11.2 Å². The second-order valence-corrected chi connectivity index (χ2v) is 7.60. The molecule has 2 heterocycles. The molecule has 0 bridgehead atoms. The maximum absolute atomic E-state index is 12.5. The molecule has 0 atom stereocenters. The Morgan fingerprint density at radius 3 is 2.29 bits per heavy atom. The predicted octanol–water partition coefficient (Wildman–Crippen LogP) is 2.81. The molecule has 28 heavy (non-hydrogen) atoms. The van der Waals surface area contributed by atoms with E-state index in [0.29, 0.717) is 17.7 Å². The minimum atomic E-state index is -0.456. The van der Waals surface area contributed by atoms with Crippen LogP contribution >= 0.6 is 11.8 Å². The number of H-pyrrole nitrogens is 1. The van der Waals surface area contributed by atoms with E-state index in [1.54, 1.807) is 18.8 Å². The molecule has 0 amide bonds. The van der Waals surface area contributed by atoms with E-state index in [1.807, 2.05) is 53.1 Å². The predicted molar refractivity (Wildman–Crippen MR) is 112 cm³/mol. The van der Waals surface area contributed by atoms with Gasteiger partial charge in [-0.3, -0.25) is 14.3 Å². The SMILES string of the molecule is Cn1c(=O)[nH]c(=O)c2c1nc(SCCc1ccccc1)n2Cc1ccccc1. The molecule has 0 aliphatic rings. The maximum atomic E-state index is 12.5. The van der Waals surface area contributed by atoms with E-state index in [9.17, 15) is 9.59 Å². The second-order valence-electron chi connectivity index (χ2n) is 6.54. The molecule has 4 rings (SSSR count). The van der Waals surface area contributed by atoms with Gasteiger partial charge in [-0.1, -0.05) is 72.4 Å². The van der Waals surface area contributed by atoms with Crippen molar-refractivity contribution in [1.82, 2.24) is 19.1 Å². The van der Waals surface area contributed by atoms with Gasteiger partial charge in [-0.2, -0.15) is 0 Å². The summed E-state index contributed by atoms with van der Waals surface area (Å²) in [4.78, 5) is 31.5. The maximum Gasteiger partial charge on any atom is 0.329 e. The Bertz CT molecular complexity index is 1210. The number of fused-ring (bicyclic) bond motifs is 1. The first-order valence-electron chi connectivity index (χ1n) is 9.03. The summed E-state index contributed by atoms with van der Waals surface area (Å²) < 4.78 is 3.29. The molecule has 0 unspecified atom stereocenters. The number of nitrogens with one attached hydrogen (secondary N) is 1. The van der Waals surface area contributed by atoms with Crippen molar-refractivity contribution < 1.29 is 0 Å². The molecule has 0 aliphatic heterocycles. The number of aryl methyl sites for hydroxylation is 2. The van der Waals surface area contributed by atoms with Gasteiger partial charge in [0, 0.05) is 12.8 Å². The minimum Gasteiger partial charge on any atom is -0.309 e. The Labute approximate surface area is 165 Å². The molecule has 0 aliphatic carbocycles. The first kappa shape index (κ1) is 18.3. The molecule has 2 aromatic carbocycles. The summed E-state index contributed by atoms with van der Waals surface area (Å²) in [5.74, 6) is 0.827. The third-order valence-corrected chi connectivity index (χ3v) is 5.60. The number of thioether (sulfide) groups is 1. The largest absolute Gasteiger partial charge is 0.329 e. The van der Waals surface area contributed by atoms with Gasteiger partial charge in [0.2, 0.25) is 0 Å². The monoisotopic (exact) mass is 392 g/mol. The highest BCUT2D eigenvalue weighted by Gasteiger charge is 2.17. The standard InChI is InChI=1S/C21H20N4O2S/c1-24-18-17(19(26)23-20(24)27)25(14-16-10-6-3-7-11-16)21(22-18)28-13-12-15-8-4-2-5-9-15/h2-11H,12-14H2,1H3,(H,23,26,27). The number of aromatic nitrogens is 4. The Morgan fingerprint density at radius 2 is 1.61 bits per heavy atom. The molecular formula is C21H20N4O2S. The molecule has 0 fully saturated rings. The summed E-state index contributed by atoms with van der Waals surface area (Å²) in [7, 11) is 1.62. The molecule has 7 heteroatoms. The van der Waals surface area contributed by atoms with Gasteiger partial charge >= 0.3 is 5.69 Å². The van der Waals surface area contributed by atoms with Crippen molar-refractivity contribution in [2.75, 3.05) is 5.75 Å². The van der Waals surface area contributed by atoms with E-state index in [0.717, 1.165) is 22.9 Å². The summed E-state index contributed by atoms with van der Waals surface area (Å²) in [6.45, 7) is 0.520. The number of hydrogen-bond acceptors (Lipinski definition) is 4. The highest BCUT2D eigenvalue weighted by atomic mass is 32.2. The lowest BCUT2D eigenvalue weighted by Gasteiger charge is -2.09. The Hall–Kier alpha value is -3.06. The summed E-state index contributed by atoms with van der Waals surface area (Å²) >= 11 is 1.59. The molecule has 4 aromatic rings. The fraction of sp³-hybridized carbons (Fsp3) is 0.190. The number of imidazole rings is 1. The lowest BCUT2D eigenvalue weighted by molar-refractivity contribution is 0.728. The van der Waals surface area contributed by atoms with Gasteiger partial charge in [0.15, 0.2) is 16.3 Å². The van der Waals surface area contributed by atoms with Gasteiger partial charge in [-0.25, -0.2) is 9.78 Å². The van der Waals surface area contributed by atoms with Crippen LogP contribution in [0.5, 0.6) is 0 Å². The van der Waals surface area contributed by atoms with E-state index in [-0.39, 0.29) is 0 Å². The van der Waals surface area contributed by atoms with Crippen molar-refractivity contribution in [2.45, 2.75) is 18.1 Å². The Balaban J connectivity index is 1.72. The second kappa shape index (κ2) is 7.90. The number of rotatable bonds is 6. The molecule has 0 saturated heterocycles. The highest BCUT2D eigenvalue weighted by molar-refractivity contribution is 7.99. The van der Waals surface area contributed by atoms with E-state index in [4.69, 9.17) is 0 Å². The lowest BCUT2D eigenvalue weighted by atomic mass is 10.2. The normalized spacial score (nSPS) is 11.2. The van der Waals surface area contributed by atoms with E-state index in [2.05, 4.69) is 22.1 Å². The molecule has 6 nitrogen and oxygen atoms in total. The fourth-order valence-electron chi connectivity index (χ4n) is 3.14. The van der Waals surface area contributed by atoms with Crippen molar-refractivity contribution in [1.29, 1.82) is 0 Å². The quantitative estimate of drug-likeness (QED) is 0.512. The summed E-state index contributed by atoms with van der Waals surface area (Å²) in [6.07, 6.45) is 0.898. The van der Waals surface area contributed by atoms with Crippen LogP contribution in [0.2, 0.25) is 0 Å². The number of aromatic amines is 1.